The molecule has 0 aromatic heterocycles. The first-order chi connectivity index (χ1) is 9.31. The first-order valence-electron chi connectivity index (χ1n) is 6.46. The van der Waals surface area contributed by atoms with Gasteiger partial charge in [0, 0.05) is 29.6 Å². The molecule has 1 heterocycles. The molecular weight excluding hydrogens is 262 g/mol. The largest absolute Gasteiger partial charge is 0.490 e. The minimum absolute atomic E-state index is 0.526. The molecule has 2 rings (SSSR count). The third kappa shape index (κ3) is 3.97. The van der Waals surface area contributed by atoms with Gasteiger partial charge in [0.15, 0.2) is 11.5 Å². The van der Waals surface area contributed by atoms with Crippen molar-refractivity contribution in [2.75, 3.05) is 19.0 Å². The number of hydrogen-bond donors (Lipinski definition) is 0. The van der Waals surface area contributed by atoms with Crippen molar-refractivity contribution in [3.8, 4) is 17.6 Å². The van der Waals surface area contributed by atoms with E-state index in [0.717, 1.165) is 29.9 Å². The normalized spacial score (nSPS) is 15.3. The number of nitriles is 1. The molecule has 4 nitrogen and oxygen atoms in total. The number of fused-ring (bicyclic) bond motifs is 1. The lowest BCUT2D eigenvalue weighted by Crippen LogP contribution is -2.00. The van der Waals surface area contributed by atoms with E-state index < -0.39 is 10.8 Å². The summed E-state index contributed by atoms with van der Waals surface area (Å²) < 4.78 is 23.2. The Labute approximate surface area is 115 Å². The van der Waals surface area contributed by atoms with Crippen LogP contribution in [-0.4, -0.2) is 23.2 Å². The summed E-state index contributed by atoms with van der Waals surface area (Å²) in [4.78, 5) is 0.765. The maximum Gasteiger partial charge on any atom is 0.162 e. The zero-order chi connectivity index (χ0) is 13.5. The molecule has 0 radical (unpaired) electrons. The topological polar surface area (TPSA) is 59.3 Å². The van der Waals surface area contributed by atoms with Crippen molar-refractivity contribution in [2.45, 2.75) is 30.6 Å². The molecule has 0 amide bonds. The van der Waals surface area contributed by atoms with E-state index in [-0.39, 0.29) is 0 Å². The molecule has 0 fully saturated rings. The van der Waals surface area contributed by atoms with Crippen molar-refractivity contribution in [3.05, 3.63) is 18.2 Å². The SMILES string of the molecule is N#CCCCCS(=O)c1ccc2c(c1)OCCCO2. The molecule has 1 atom stereocenters. The summed E-state index contributed by atoms with van der Waals surface area (Å²) in [7, 11) is -1.04. The van der Waals surface area contributed by atoms with Crippen molar-refractivity contribution in [2.24, 2.45) is 0 Å². The highest BCUT2D eigenvalue weighted by molar-refractivity contribution is 7.85. The van der Waals surface area contributed by atoms with Gasteiger partial charge in [-0.2, -0.15) is 5.26 Å². The first-order valence-corrected chi connectivity index (χ1v) is 7.78. The zero-order valence-electron chi connectivity index (χ0n) is 10.8. The summed E-state index contributed by atoms with van der Waals surface area (Å²) >= 11 is 0. The van der Waals surface area contributed by atoms with Crippen LogP contribution >= 0.6 is 0 Å². The molecule has 0 spiro atoms. The molecule has 1 aromatic rings. The molecule has 1 aliphatic heterocycles. The Morgan fingerprint density at radius 3 is 2.79 bits per heavy atom. The van der Waals surface area contributed by atoms with E-state index in [1.54, 1.807) is 6.07 Å². The van der Waals surface area contributed by atoms with Gasteiger partial charge in [-0.3, -0.25) is 4.21 Å². The molecule has 19 heavy (non-hydrogen) atoms. The number of ether oxygens (including phenoxy) is 2. The quantitative estimate of drug-likeness (QED) is 0.777. The van der Waals surface area contributed by atoms with Gasteiger partial charge in [0.1, 0.15) is 0 Å². The maximum absolute atomic E-state index is 12.1. The van der Waals surface area contributed by atoms with E-state index in [0.29, 0.717) is 31.1 Å². The monoisotopic (exact) mass is 279 g/mol. The molecular formula is C14H17NO3S. The van der Waals surface area contributed by atoms with E-state index >= 15 is 0 Å². The highest BCUT2D eigenvalue weighted by Gasteiger charge is 2.13. The summed E-state index contributed by atoms with van der Waals surface area (Å²) in [6.45, 7) is 1.29. The minimum Gasteiger partial charge on any atom is -0.490 e. The van der Waals surface area contributed by atoms with Crippen LogP contribution in [0.25, 0.3) is 0 Å². The van der Waals surface area contributed by atoms with Gasteiger partial charge in [-0.1, -0.05) is 0 Å². The summed E-state index contributed by atoms with van der Waals surface area (Å²) in [5, 5.41) is 8.45. The van der Waals surface area contributed by atoms with Crippen LogP contribution in [0.15, 0.2) is 23.1 Å². The van der Waals surface area contributed by atoms with E-state index in [1.807, 2.05) is 12.1 Å². The van der Waals surface area contributed by atoms with Gasteiger partial charge in [0.25, 0.3) is 0 Å². The van der Waals surface area contributed by atoms with Crippen molar-refractivity contribution in [1.82, 2.24) is 0 Å². The van der Waals surface area contributed by atoms with Gasteiger partial charge in [0.2, 0.25) is 0 Å². The standard InChI is InChI=1S/C14H17NO3S/c15-7-2-1-3-10-19(16)12-5-6-13-14(11-12)18-9-4-8-17-13/h5-6,11H,1-4,8-10H2. The minimum atomic E-state index is -1.04. The van der Waals surface area contributed by atoms with Crippen LogP contribution in [0.4, 0.5) is 0 Å². The molecule has 0 bridgehead atoms. The lowest BCUT2D eigenvalue weighted by atomic mass is 10.3. The van der Waals surface area contributed by atoms with E-state index in [4.69, 9.17) is 14.7 Å². The van der Waals surface area contributed by atoms with Gasteiger partial charge >= 0.3 is 0 Å². The average molecular weight is 279 g/mol. The average Bonchev–Trinajstić information content (AvgIpc) is 2.67. The van der Waals surface area contributed by atoms with E-state index in [2.05, 4.69) is 6.07 Å². The summed E-state index contributed by atoms with van der Waals surface area (Å²) in [6.07, 6.45) is 2.99. The predicted octanol–water partition coefficient (Wildman–Crippen LogP) is 2.65. The van der Waals surface area contributed by atoms with Crippen LogP contribution in [0.2, 0.25) is 0 Å². The van der Waals surface area contributed by atoms with Crippen LogP contribution in [0, 0.1) is 11.3 Å². The van der Waals surface area contributed by atoms with Gasteiger partial charge in [-0.25, -0.2) is 0 Å². The Morgan fingerprint density at radius 1 is 1.21 bits per heavy atom. The van der Waals surface area contributed by atoms with Gasteiger partial charge in [0.05, 0.1) is 30.1 Å². The second-order valence-corrected chi connectivity index (χ2v) is 5.89. The fraction of sp³-hybridized carbons (Fsp3) is 0.500. The number of unbranched alkanes of at least 4 members (excludes halogenated alkanes) is 2. The molecule has 0 saturated carbocycles. The Bertz CT molecular complexity index is 496. The molecule has 102 valence electrons. The second-order valence-electron chi connectivity index (χ2n) is 4.32. The van der Waals surface area contributed by atoms with Crippen LogP contribution in [0.5, 0.6) is 11.5 Å². The summed E-state index contributed by atoms with van der Waals surface area (Å²) in [5.41, 5.74) is 0. The third-order valence-electron chi connectivity index (χ3n) is 2.85. The highest BCUT2D eigenvalue weighted by Crippen LogP contribution is 2.31. The number of nitrogens with zero attached hydrogens (tertiary/aromatic N) is 1. The number of rotatable bonds is 5. The van der Waals surface area contributed by atoms with Crippen molar-refractivity contribution in [1.29, 1.82) is 5.26 Å². The maximum atomic E-state index is 12.1. The Kier molecular flexibility index (Phi) is 5.22. The molecule has 0 saturated heterocycles. The van der Waals surface area contributed by atoms with E-state index in [1.165, 1.54) is 0 Å². The summed E-state index contributed by atoms with van der Waals surface area (Å²) in [6, 6.07) is 7.55. The van der Waals surface area contributed by atoms with Crippen molar-refractivity contribution >= 4 is 10.8 Å². The lowest BCUT2D eigenvalue weighted by Gasteiger charge is -2.09. The molecule has 1 aromatic carbocycles. The number of benzene rings is 1. The second kappa shape index (κ2) is 7.15. The van der Waals surface area contributed by atoms with E-state index in [9.17, 15) is 4.21 Å². The first kappa shape index (κ1) is 13.9. The fourth-order valence-corrected chi connectivity index (χ4v) is 3.00. The van der Waals surface area contributed by atoms with Gasteiger partial charge < -0.3 is 9.47 Å². The third-order valence-corrected chi connectivity index (χ3v) is 4.29. The predicted molar refractivity (Wildman–Crippen MR) is 72.8 cm³/mol. The van der Waals surface area contributed by atoms with Crippen molar-refractivity contribution in [3.63, 3.8) is 0 Å². The van der Waals surface area contributed by atoms with Gasteiger partial charge in [-0.15, -0.1) is 0 Å². The smallest absolute Gasteiger partial charge is 0.162 e. The Hall–Kier alpha value is -1.54. The van der Waals surface area contributed by atoms with Crippen LogP contribution in [-0.2, 0) is 10.8 Å². The Morgan fingerprint density at radius 2 is 2.00 bits per heavy atom. The molecule has 5 heteroatoms. The van der Waals surface area contributed by atoms with Crippen molar-refractivity contribution < 1.29 is 13.7 Å². The fourth-order valence-electron chi connectivity index (χ4n) is 1.84. The molecule has 1 aliphatic rings. The van der Waals surface area contributed by atoms with Gasteiger partial charge in [-0.05, 0) is 25.0 Å². The lowest BCUT2D eigenvalue weighted by molar-refractivity contribution is 0.297. The van der Waals surface area contributed by atoms with Crippen LogP contribution in [0.1, 0.15) is 25.7 Å². The highest BCUT2D eigenvalue weighted by atomic mass is 32.2. The Balaban J connectivity index is 1.99. The molecule has 0 N–H and O–H groups in total. The molecule has 1 unspecified atom stereocenters. The molecule has 0 aliphatic carbocycles. The van der Waals surface area contributed by atoms with Crippen LogP contribution < -0.4 is 9.47 Å². The number of hydrogen-bond acceptors (Lipinski definition) is 4. The summed E-state index contributed by atoms with van der Waals surface area (Å²) in [5.74, 6) is 1.99. The van der Waals surface area contributed by atoms with Crippen LogP contribution in [0.3, 0.4) is 0 Å². The zero-order valence-corrected chi connectivity index (χ0v) is 11.6.